The Bertz CT molecular complexity index is 517. The maximum absolute atomic E-state index is 13.2. The summed E-state index contributed by atoms with van der Waals surface area (Å²) >= 11 is 5.54. The Morgan fingerprint density at radius 2 is 1.88 bits per heavy atom. The first-order chi connectivity index (χ1) is 8.15. The topological polar surface area (TPSA) is 37.8 Å². The van der Waals surface area contributed by atoms with Gasteiger partial charge in [0.05, 0.1) is 6.20 Å². The Balaban J connectivity index is 2.07. The highest BCUT2D eigenvalue weighted by Crippen LogP contribution is 2.13. The van der Waals surface area contributed by atoms with Crippen molar-refractivity contribution in [3.8, 4) is 0 Å². The normalized spacial score (nSPS) is 10.3. The molecule has 0 radical (unpaired) electrons. The molecule has 0 saturated carbocycles. The van der Waals surface area contributed by atoms with Crippen molar-refractivity contribution in [2.75, 3.05) is 5.32 Å². The van der Waals surface area contributed by atoms with Crippen molar-refractivity contribution >= 4 is 17.4 Å². The van der Waals surface area contributed by atoms with Crippen molar-refractivity contribution in [3.05, 3.63) is 52.9 Å². The van der Waals surface area contributed by atoms with E-state index in [4.69, 9.17) is 11.6 Å². The molecule has 1 aromatic heterocycles. The van der Waals surface area contributed by atoms with Gasteiger partial charge in [0.2, 0.25) is 5.28 Å². The minimum absolute atomic E-state index is 0.0225. The van der Waals surface area contributed by atoms with Crippen molar-refractivity contribution in [2.24, 2.45) is 0 Å². The zero-order valence-corrected chi connectivity index (χ0v) is 9.38. The lowest BCUT2D eigenvalue weighted by atomic mass is 10.2. The first kappa shape index (κ1) is 11.7. The number of benzene rings is 1. The van der Waals surface area contributed by atoms with Crippen LogP contribution in [0.5, 0.6) is 0 Å². The van der Waals surface area contributed by atoms with Crippen LogP contribution in [-0.2, 0) is 6.54 Å². The Hall–Kier alpha value is -1.75. The molecule has 3 nitrogen and oxygen atoms in total. The van der Waals surface area contributed by atoms with Crippen molar-refractivity contribution in [1.29, 1.82) is 0 Å². The predicted octanol–water partition coefficient (Wildman–Crippen LogP) is 3.02. The number of aromatic nitrogens is 2. The first-order valence-electron chi connectivity index (χ1n) is 4.81. The van der Waals surface area contributed by atoms with E-state index in [0.29, 0.717) is 6.54 Å². The fourth-order valence-electron chi connectivity index (χ4n) is 1.26. The molecule has 0 bridgehead atoms. The minimum Gasteiger partial charge on any atom is -0.363 e. The van der Waals surface area contributed by atoms with Crippen LogP contribution in [0.25, 0.3) is 0 Å². The van der Waals surface area contributed by atoms with E-state index in [0.717, 1.165) is 11.8 Å². The summed E-state index contributed by atoms with van der Waals surface area (Å²) in [6.45, 7) is 0.324. The summed E-state index contributed by atoms with van der Waals surface area (Å²) in [4.78, 5) is 7.20. The molecule has 0 aliphatic carbocycles. The average Bonchev–Trinajstić information content (AvgIpc) is 2.32. The van der Waals surface area contributed by atoms with Gasteiger partial charge in [0, 0.05) is 6.54 Å². The molecule has 0 aliphatic rings. The monoisotopic (exact) mass is 255 g/mol. The lowest BCUT2D eigenvalue weighted by Gasteiger charge is -2.06. The number of halogens is 3. The van der Waals surface area contributed by atoms with E-state index in [1.807, 2.05) is 0 Å². The highest BCUT2D eigenvalue weighted by Gasteiger charge is 2.05. The molecule has 0 amide bonds. The molecular formula is C11H8ClF2N3. The molecule has 1 N–H and O–H groups in total. The largest absolute Gasteiger partial charge is 0.363 e. The maximum atomic E-state index is 13.2. The van der Waals surface area contributed by atoms with Gasteiger partial charge in [-0.2, -0.15) is 4.98 Å². The Labute approximate surface area is 101 Å². The molecule has 1 aromatic carbocycles. The molecule has 88 valence electrons. The second-order valence-corrected chi connectivity index (χ2v) is 3.65. The number of hydrogen-bond donors (Lipinski definition) is 1. The molecule has 0 unspecified atom stereocenters. The summed E-state index contributed by atoms with van der Waals surface area (Å²) in [5.74, 6) is -0.879. The number of nitrogens with zero attached hydrogens (tertiary/aromatic N) is 2. The summed E-state index contributed by atoms with van der Waals surface area (Å²) in [7, 11) is 0. The fourth-order valence-corrected chi connectivity index (χ4v) is 1.39. The Morgan fingerprint density at radius 1 is 1.18 bits per heavy atom. The van der Waals surface area contributed by atoms with Crippen LogP contribution in [0.4, 0.5) is 14.6 Å². The van der Waals surface area contributed by atoms with Gasteiger partial charge < -0.3 is 5.32 Å². The fraction of sp³-hybridized carbons (Fsp3) is 0.0909. The third kappa shape index (κ3) is 3.10. The van der Waals surface area contributed by atoms with Gasteiger partial charge in [-0.1, -0.05) is 12.1 Å². The molecule has 2 aromatic rings. The Kier molecular flexibility index (Phi) is 3.49. The number of anilines is 1. The molecular weight excluding hydrogens is 248 g/mol. The van der Waals surface area contributed by atoms with Crippen molar-refractivity contribution in [1.82, 2.24) is 9.97 Å². The molecule has 2 rings (SSSR count). The van der Waals surface area contributed by atoms with Gasteiger partial charge in [0.15, 0.2) is 11.6 Å². The van der Waals surface area contributed by atoms with Crippen molar-refractivity contribution in [2.45, 2.75) is 6.54 Å². The van der Waals surface area contributed by atoms with Crippen LogP contribution in [0.15, 0.2) is 30.5 Å². The summed E-state index contributed by atoms with van der Waals surface area (Å²) in [5, 5.41) is 2.72. The molecule has 1 heterocycles. The Morgan fingerprint density at radius 3 is 2.59 bits per heavy atom. The van der Waals surface area contributed by atoms with Crippen LogP contribution < -0.4 is 5.32 Å². The van der Waals surface area contributed by atoms with Crippen molar-refractivity contribution in [3.63, 3.8) is 0 Å². The van der Waals surface area contributed by atoms with E-state index >= 15 is 0 Å². The highest BCUT2D eigenvalue weighted by molar-refractivity contribution is 6.28. The SMILES string of the molecule is Fc1ccc(CNc2nc(Cl)ncc2F)cc1. The molecule has 6 heteroatoms. The van der Waals surface area contributed by atoms with E-state index in [2.05, 4.69) is 15.3 Å². The van der Waals surface area contributed by atoms with Gasteiger partial charge >= 0.3 is 0 Å². The van der Waals surface area contributed by atoms with Gasteiger partial charge in [-0.15, -0.1) is 0 Å². The van der Waals surface area contributed by atoms with Crippen LogP contribution in [0.1, 0.15) is 5.56 Å². The highest BCUT2D eigenvalue weighted by atomic mass is 35.5. The average molecular weight is 256 g/mol. The maximum Gasteiger partial charge on any atom is 0.224 e. The summed E-state index contributed by atoms with van der Waals surface area (Å²) in [6.07, 6.45) is 0.988. The smallest absolute Gasteiger partial charge is 0.224 e. The molecule has 0 fully saturated rings. The third-order valence-corrected chi connectivity index (χ3v) is 2.27. The lowest BCUT2D eigenvalue weighted by Crippen LogP contribution is -2.04. The van der Waals surface area contributed by atoms with Crippen LogP contribution in [0, 0.1) is 11.6 Å². The molecule has 0 spiro atoms. The van der Waals surface area contributed by atoms with Gasteiger partial charge in [0.25, 0.3) is 0 Å². The first-order valence-corrected chi connectivity index (χ1v) is 5.19. The summed E-state index contributed by atoms with van der Waals surface area (Å²) in [5.41, 5.74) is 0.806. The zero-order chi connectivity index (χ0) is 12.3. The van der Waals surface area contributed by atoms with Gasteiger partial charge in [-0.3, -0.25) is 0 Å². The molecule has 0 atom stereocenters. The van der Waals surface area contributed by atoms with E-state index in [1.165, 1.54) is 12.1 Å². The number of hydrogen-bond acceptors (Lipinski definition) is 3. The molecule has 0 aliphatic heterocycles. The van der Waals surface area contributed by atoms with Gasteiger partial charge in [0.1, 0.15) is 5.82 Å². The third-order valence-electron chi connectivity index (χ3n) is 2.09. The summed E-state index contributed by atoms with van der Waals surface area (Å²) < 4.78 is 25.9. The van der Waals surface area contributed by atoms with Gasteiger partial charge in [-0.05, 0) is 29.3 Å². The van der Waals surface area contributed by atoms with Crippen molar-refractivity contribution < 1.29 is 8.78 Å². The van der Waals surface area contributed by atoms with E-state index in [9.17, 15) is 8.78 Å². The second kappa shape index (κ2) is 5.05. The quantitative estimate of drug-likeness (QED) is 0.857. The molecule has 0 saturated heterocycles. The van der Waals surface area contributed by atoms with Crippen LogP contribution >= 0.6 is 11.6 Å². The number of nitrogens with one attached hydrogen (secondary N) is 1. The van der Waals surface area contributed by atoms with Crippen LogP contribution in [0.2, 0.25) is 5.28 Å². The van der Waals surface area contributed by atoms with E-state index in [1.54, 1.807) is 12.1 Å². The van der Waals surface area contributed by atoms with Crippen LogP contribution in [-0.4, -0.2) is 9.97 Å². The molecule has 17 heavy (non-hydrogen) atoms. The zero-order valence-electron chi connectivity index (χ0n) is 8.62. The van der Waals surface area contributed by atoms with Gasteiger partial charge in [-0.25, -0.2) is 13.8 Å². The second-order valence-electron chi connectivity index (χ2n) is 3.32. The van der Waals surface area contributed by atoms with Crippen LogP contribution in [0.3, 0.4) is 0 Å². The lowest BCUT2D eigenvalue weighted by molar-refractivity contribution is 0.616. The summed E-state index contributed by atoms with van der Waals surface area (Å²) in [6, 6.07) is 5.87. The van der Waals surface area contributed by atoms with E-state index < -0.39 is 5.82 Å². The minimum atomic E-state index is -0.587. The number of rotatable bonds is 3. The van der Waals surface area contributed by atoms with E-state index in [-0.39, 0.29) is 16.9 Å². The predicted molar refractivity (Wildman–Crippen MR) is 60.7 cm³/mol. The standard InChI is InChI=1S/C11H8ClF2N3/c12-11-16-6-9(14)10(17-11)15-5-7-1-3-8(13)4-2-7/h1-4,6H,5H2,(H,15,16,17).